The van der Waals surface area contributed by atoms with Crippen LogP contribution in [0.2, 0.25) is 0 Å². The highest BCUT2D eigenvalue weighted by atomic mass is 16.5. The van der Waals surface area contributed by atoms with E-state index in [9.17, 15) is 14.4 Å². The van der Waals surface area contributed by atoms with E-state index in [1.54, 1.807) is 0 Å². The summed E-state index contributed by atoms with van der Waals surface area (Å²) in [7, 11) is 1.22. The second kappa shape index (κ2) is 10.1. The molecule has 1 N–H and O–H groups in total. The number of hydrogen-bond acceptors (Lipinski definition) is 6. The number of hydrogen-bond donors (Lipinski definition) is 1. The maximum Gasteiger partial charge on any atom is 0.407 e. The van der Waals surface area contributed by atoms with E-state index in [-0.39, 0.29) is 13.0 Å². The smallest absolute Gasteiger partial charge is 0.407 e. The van der Waals surface area contributed by atoms with E-state index >= 15 is 0 Å². The summed E-state index contributed by atoms with van der Waals surface area (Å²) >= 11 is 0. The molecule has 1 aromatic carbocycles. The maximum absolute atomic E-state index is 11.5. The van der Waals surface area contributed by atoms with Gasteiger partial charge in [0, 0.05) is 6.54 Å². The summed E-state index contributed by atoms with van der Waals surface area (Å²) in [6.45, 7) is 0.488. The number of aliphatic imine (C=N–C) groups is 1. The fourth-order valence-corrected chi connectivity index (χ4v) is 1.69. The molecule has 0 fully saturated rings. The second-order valence-corrected chi connectivity index (χ2v) is 4.39. The van der Waals surface area contributed by atoms with Gasteiger partial charge in [-0.25, -0.2) is 14.4 Å². The lowest BCUT2D eigenvalue weighted by Gasteiger charge is -2.09. The van der Waals surface area contributed by atoms with Gasteiger partial charge < -0.3 is 14.8 Å². The van der Waals surface area contributed by atoms with Gasteiger partial charge in [-0.15, -0.1) is 0 Å². The van der Waals surface area contributed by atoms with Gasteiger partial charge in [0.05, 0.1) is 7.11 Å². The van der Waals surface area contributed by atoms with Crippen molar-refractivity contribution in [2.45, 2.75) is 25.5 Å². The quantitative estimate of drug-likeness (QED) is 0.340. The Balaban J connectivity index is 2.21. The number of benzene rings is 1. The summed E-state index contributed by atoms with van der Waals surface area (Å²) in [4.78, 5) is 36.3. The number of nitrogens with one attached hydrogen (secondary N) is 1. The van der Waals surface area contributed by atoms with Crippen LogP contribution >= 0.6 is 0 Å². The number of isocyanates is 1. The molecule has 22 heavy (non-hydrogen) atoms. The van der Waals surface area contributed by atoms with Crippen LogP contribution < -0.4 is 5.32 Å². The van der Waals surface area contributed by atoms with Crippen LogP contribution in [0.15, 0.2) is 35.3 Å². The van der Waals surface area contributed by atoms with Crippen LogP contribution in [0.4, 0.5) is 4.79 Å². The molecule has 7 heteroatoms. The molecule has 0 spiro atoms. The predicted molar refractivity (Wildman–Crippen MR) is 77.8 cm³/mol. The first-order chi connectivity index (χ1) is 10.7. The molecule has 0 aliphatic rings. The van der Waals surface area contributed by atoms with Crippen molar-refractivity contribution in [3.05, 3.63) is 35.9 Å². The van der Waals surface area contributed by atoms with Crippen LogP contribution in [0.5, 0.6) is 0 Å². The van der Waals surface area contributed by atoms with Crippen LogP contribution in [0, 0.1) is 0 Å². The summed E-state index contributed by atoms with van der Waals surface area (Å²) in [5.74, 6) is -0.602. The average molecular weight is 306 g/mol. The van der Waals surface area contributed by atoms with E-state index in [0.29, 0.717) is 13.0 Å². The first-order valence-electron chi connectivity index (χ1n) is 6.76. The average Bonchev–Trinajstić information content (AvgIpc) is 2.56. The molecule has 1 rings (SSSR count). The highest BCUT2D eigenvalue weighted by molar-refractivity contribution is 5.76. The van der Waals surface area contributed by atoms with Gasteiger partial charge in [0.25, 0.3) is 0 Å². The Bertz CT molecular complexity index is 526. The molecule has 7 nitrogen and oxygen atoms in total. The molecule has 0 aromatic heterocycles. The zero-order chi connectivity index (χ0) is 16.2. The monoisotopic (exact) mass is 306 g/mol. The molecule has 0 aliphatic heterocycles. The van der Waals surface area contributed by atoms with Crippen LogP contribution in [0.25, 0.3) is 0 Å². The van der Waals surface area contributed by atoms with E-state index in [4.69, 9.17) is 4.74 Å². The van der Waals surface area contributed by atoms with Crippen molar-refractivity contribution in [1.82, 2.24) is 5.32 Å². The lowest BCUT2D eigenvalue weighted by Crippen LogP contribution is -2.27. The Morgan fingerprint density at radius 3 is 2.68 bits per heavy atom. The summed E-state index contributed by atoms with van der Waals surface area (Å²) < 4.78 is 9.53. The number of nitrogens with zero attached hydrogens (tertiary/aromatic N) is 1. The van der Waals surface area contributed by atoms with E-state index in [2.05, 4.69) is 15.0 Å². The van der Waals surface area contributed by atoms with Gasteiger partial charge in [0.1, 0.15) is 6.61 Å². The van der Waals surface area contributed by atoms with Crippen LogP contribution in [0.1, 0.15) is 18.4 Å². The van der Waals surface area contributed by atoms with E-state index in [1.807, 2.05) is 30.3 Å². The minimum Gasteiger partial charge on any atom is -0.467 e. The topological polar surface area (TPSA) is 94.1 Å². The summed E-state index contributed by atoms with van der Waals surface area (Å²) in [5, 5.41) is 2.55. The summed E-state index contributed by atoms with van der Waals surface area (Å²) in [6, 6.07) is 8.42. The lowest BCUT2D eigenvalue weighted by molar-refractivity contribution is -0.142. The van der Waals surface area contributed by atoms with Crippen LogP contribution in [-0.4, -0.2) is 37.8 Å². The van der Waals surface area contributed by atoms with E-state index < -0.39 is 18.1 Å². The van der Waals surface area contributed by atoms with Crippen molar-refractivity contribution >= 4 is 18.1 Å². The number of carbonyl (C=O) groups excluding carboxylic acids is 3. The molecule has 0 aliphatic carbocycles. The van der Waals surface area contributed by atoms with Crippen molar-refractivity contribution in [1.29, 1.82) is 0 Å². The van der Waals surface area contributed by atoms with Gasteiger partial charge in [0.2, 0.25) is 6.08 Å². The molecule has 1 aromatic rings. The van der Waals surface area contributed by atoms with Gasteiger partial charge in [-0.05, 0) is 18.4 Å². The fourth-order valence-electron chi connectivity index (χ4n) is 1.69. The lowest BCUT2D eigenvalue weighted by atomic mass is 10.1. The highest BCUT2D eigenvalue weighted by Gasteiger charge is 2.17. The first-order valence-corrected chi connectivity index (χ1v) is 6.76. The Labute approximate surface area is 128 Å². The summed E-state index contributed by atoms with van der Waals surface area (Å²) in [6.07, 6.45) is 1.52. The third kappa shape index (κ3) is 6.67. The number of rotatable bonds is 8. The summed E-state index contributed by atoms with van der Waals surface area (Å²) in [5.41, 5.74) is 0.892. The van der Waals surface area contributed by atoms with Crippen molar-refractivity contribution in [3.8, 4) is 0 Å². The van der Waals surface area contributed by atoms with Crippen molar-refractivity contribution < 1.29 is 23.9 Å². The third-order valence-electron chi connectivity index (χ3n) is 2.82. The number of methoxy groups -OCH3 is 1. The molecule has 0 heterocycles. The SMILES string of the molecule is COC(=O)C(CCCNC(=O)OCc1ccccc1)N=C=O. The number of esters is 1. The predicted octanol–water partition coefficient (Wildman–Crippen LogP) is 1.57. The zero-order valence-corrected chi connectivity index (χ0v) is 12.3. The molecule has 0 radical (unpaired) electrons. The largest absolute Gasteiger partial charge is 0.467 e. The maximum atomic E-state index is 11.5. The molecule has 1 unspecified atom stereocenters. The van der Waals surface area contributed by atoms with Crippen molar-refractivity contribution in [2.75, 3.05) is 13.7 Å². The van der Waals surface area contributed by atoms with E-state index in [1.165, 1.54) is 13.2 Å². The van der Waals surface area contributed by atoms with Gasteiger partial charge in [-0.3, -0.25) is 0 Å². The third-order valence-corrected chi connectivity index (χ3v) is 2.82. The Hall–Kier alpha value is -2.66. The van der Waals surface area contributed by atoms with Crippen molar-refractivity contribution in [2.24, 2.45) is 4.99 Å². The molecule has 0 saturated heterocycles. The minimum absolute atomic E-state index is 0.187. The standard InChI is InChI=1S/C15H18N2O5/c1-21-14(19)13(17-11-18)8-5-9-16-15(20)22-10-12-6-3-2-4-7-12/h2-4,6-7,13H,5,8-10H2,1H3,(H,16,20). The molecular weight excluding hydrogens is 288 g/mol. The van der Waals surface area contributed by atoms with Gasteiger partial charge in [-0.2, -0.15) is 4.99 Å². The van der Waals surface area contributed by atoms with E-state index in [0.717, 1.165) is 5.56 Å². The van der Waals surface area contributed by atoms with Gasteiger partial charge >= 0.3 is 12.1 Å². The Morgan fingerprint density at radius 2 is 2.05 bits per heavy atom. The Kier molecular flexibility index (Phi) is 8.00. The molecule has 1 atom stereocenters. The van der Waals surface area contributed by atoms with Gasteiger partial charge in [-0.1, -0.05) is 30.3 Å². The molecule has 1 amide bonds. The zero-order valence-electron chi connectivity index (χ0n) is 12.3. The number of alkyl carbamates (subject to hydrolysis) is 1. The molecular formula is C15H18N2O5. The number of carbonyl (C=O) groups is 2. The van der Waals surface area contributed by atoms with Crippen LogP contribution in [0.3, 0.4) is 0 Å². The first kappa shape index (κ1) is 17.4. The fraction of sp³-hybridized carbons (Fsp3) is 0.400. The Morgan fingerprint density at radius 1 is 1.32 bits per heavy atom. The normalized spacial score (nSPS) is 11.0. The number of amides is 1. The molecule has 118 valence electrons. The van der Waals surface area contributed by atoms with Crippen molar-refractivity contribution in [3.63, 3.8) is 0 Å². The molecule has 0 saturated carbocycles. The highest BCUT2D eigenvalue weighted by Crippen LogP contribution is 2.04. The number of ether oxygens (including phenoxy) is 2. The van der Waals surface area contributed by atoms with Gasteiger partial charge in [0.15, 0.2) is 6.04 Å². The molecule has 0 bridgehead atoms. The minimum atomic E-state index is -0.885. The van der Waals surface area contributed by atoms with Crippen LogP contribution in [-0.2, 0) is 25.7 Å². The second-order valence-electron chi connectivity index (χ2n) is 4.39.